The molecule has 1 aromatic rings. The Bertz CT molecular complexity index is 511. The summed E-state index contributed by atoms with van der Waals surface area (Å²) in [7, 11) is -1.56. The fourth-order valence-corrected chi connectivity index (χ4v) is 3.24. The summed E-state index contributed by atoms with van der Waals surface area (Å²) in [4.78, 5) is 8.52. The molecule has 0 aliphatic carbocycles. The number of sulfone groups is 1. The topological polar surface area (TPSA) is 95.2 Å². The third-order valence-electron chi connectivity index (χ3n) is 2.68. The highest BCUT2D eigenvalue weighted by atomic mass is 32.2. The normalized spacial score (nSPS) is 17.5. The van der Waals surface area contributed by atoms with Gasteiger partial charge in [-0.15, -0.1) is 0 Å². The maximum Gasteiger partial charge on any atom is 0.220 e. The molecular weight excluding hydrogens is 242 g/mol. The minimum Gasteiger partial charge on any atom is -0.481 e. The largest absolute Gasteiger partial charge is 0.481 e. The summed E-state index contributed by atoms with van der Waals surface area (Å²) < 4.78 is 28.3. The van der Waals surface area contributed by atoms with Crippen LogP contribution in [0.1, 0.15) is 17.1 Å². The molecule has 7 heteroatoms. The second-order valence-electron chi connectivity index (χ2n) is 3.96. The fraction of sp³-hybridized carbons (Fsp3) is 0.600. The van der Waals surface area contributed by atoms with Crippen LogP contribution >= 0.6 is 0 Å². The third-order valence-corrected chi connectivity index (χ3v) is 4.23. The first-order chi connectivity index (χ1) is 8.05. The molecule has 0 aromatic carbocycles. The molecule has 0 unspecified atom stereocenters. The molecule has 1 aromatic heterocycles. The van der Waals surface area contributed by atoms with Gasteiger partial charge in [0, 0.05) is 12.8 Å². The number of hydrogen-bond acceptors (Lipinski definition) is 6. The Morgan fingerprint density at radius 3 is 2.82 bits per heavy atom. The van der Waals surface area contributed by atoms with E-state index in [4.69, 9.17) is 10.5 Å². The second kappa shape index (κ2) is 4.58. The van der Waals surface area contributed by atoms with Gasteiger partial charge in [0.1, 0.15) is 5.82 Å². The first-order valence-corrected chi connectivity index (χ1v) is 7.21. The van der Waals surface area contributed by atoms with Gasteiger partial charge >= 0.3 is 0 Å². The molecule has 0 spiro atoms. The summed E-state index contributed by atoms with van der Waals surface area (Å²) in [5, 5.41) is 0. The van der Waals surface area contributed by atoms with Crippen LogP contribution in [-0.2, 0) is 28.4 Å². The Morgan fingerprint density at radius 2 is 2.18 bits per heavy atom. The fourth-order valence-electron chi connectivity index (χ4n) is 1.86. The van der Waals surface area contributed by atoms with Crippen LogP contribution in [0.25, 0.3) is 0 Å². The molecule has 6 nitrogen and oxygen atoms in total. The van der Waals surface area contributed by atoms with Crippen LogP contribution in [0.2, 0.25) is 0 Å². The average molecular weight is 257 g/mol. The Labute approximate surface area is 100 Å². The minimum absolute atomic E-state index is 0.0333. The molecule has 2 rings (SSSR count). The summed E-state index contributed by atoms with van der Waals surface area (Å²) in [6.07, 6.45) is 0.991. The van der Waals surface area contributed by atoms with Crippen LogP contribution in [0.5, 0.6) is 5.88 Å². The first kappa shape index (κ1) is 12.3. The van der Waals surface area contributed by atoms with E-state index in [1.165, 1.54) is 7.11 Å². The zero-order chi connectivity index (χ0) is 12.5. The summed E-state index contributed by atoms with van der Waals surface area (Å²) in [5.41, 5.74) is 6.82. The van der Waals surface area contributed by atoms with Crippen LogP contribution in [0.3, 0.4) is 0 Å². The van der Waals surface area contributed by atoms with Crippen molar-refractivity contribution in [2.45, 2.75) is 18.6 Å². The van der Waals surface area contributed by atoms with E-state index < -0.39 is 9.84 Å². The van der Waals surface area contributed by atoms with E-state index in [-0.39, 0.29) is 11.5 Å². The highest BCUT2D eigenvalue weighted by molar-refractivity contribution is 7.90. The maximum atomic E-state index is 11.6. The van der Waals surface area contributed by atoms with Gasteiger partial charge in [-0.05, 0) is 6.54 Å². The summed E-state index contributed by atoms with van der Waals surface area (Å²) in [5.74, 6) is 1.08. The Balaban J connectivity index is 2.47. The van der Waals surface area contributed by atoms with Gasteiger partial charge in [0.05, 0.1) is 29.9 Å². The molecule has 0 saturated carbocycles. The molecule has 94 valence electrons. The van der Waals surface area contributed by atoms with E-state index in [9.17, 15) is 8.42 Å². The summed E-state index contributed by atoms with van der Waals surface area (Å²) in [6.45, 7) is 0.459. The van der Waals surface area contributed by atoms with Crippen LogP contribution < -0.4 is 10.5 Å². The van der Waals surface area contributed by atoms with E-state index in [0.29, 0.717) is 36.7 Å². The lowest BCUT2D eigenvalue weighted by Gasteiger charge is -2.18. The van der Waals surface area contributed by atoms with Gasteiger partial charge in [-0.1, -0.05) is 0 Å². The van der Waals surface area contributed by atoms with Crippen LogP contribution in [-0.4, -0.2) is 37.8 Å². The monoisotopic (exact) mass is 257 g/mol. The predicted octanol–water partition coefficient (Wildman–Crippen LogP) is -0.543. The number of aromatic nitrogens is 2. The highest BCUT2D eigenvalue weighted by Gasteiger charge is 2.26. The molecule has 1 aliphatic rings. The van der Waals surface area contributed by atoms with Crippen molar-refractivity contribution in [3.05, 3.63) is 17.1 Å². The maximum absolute atomic E-state index is 11.6. The van der Waals surface area contributed by atoms with E-state index in [1.807, 2.05) is 0 Å². The van der Waals surface area contributed by atoms with Crippen molar-refractivity contribution >= 4 is 9.84 Å². The highest BCUT2D eigenvalue weighted by Crippen LogP contribution is 2.26. The minimum atomic E-state index is -3.04. The van der Waals surface area contributed by atoms with Crippen molar-refractivity contribution in [3.8, 4) is 5.88 Å². The van der Waals surface area contributed by atoms with Crippen molar-refractivity contribution in [2.75, 3.05) is 19.4 Å². The van der Waals surface area contributed by atoms with Crippen LogP contribution in [0, 0.1) is 0 Å². The predicted molar refractivity (Wildman–Crippen MR) is 62.5 cm³/mol. The summed E-state index contributed by atoms with van der Waals surface area (Å²) >= 11 is 0. The molecule has 2 heterocycles. The number of ether oxygens (including phenoxy) is 1. The zero-order valence-electron chi connectivity index (χ0n) is 9.64. The summed E-state index contributed by atoms with van der Waals surface area (Å²) in [6, 6.07) is 0. The number of nitrogens with two attached hydrogens (primary N) is 1. The quantitative estimate of drug-likeness (QED) is 0.781. The first-order valence-electron chi connectivity index (χ1n) is 5.39. The second-order valence-corrected chi connectivity index (χ2v) is 6.14. The lowest BCUT2D eigenvalue weighted by atomic mass is 10.2. The number of aryl methyl sites for hydroxylation is 1. The van der Waals surface area contributed by atoms with Gasteiger partial charge in [-0.3, -0.25) is 0 Å². The van der Waals surface area contributed by atoms with Gasteiger partial charge in [-0.25, -0.2) is 13.4 Å². The van der Waals surface area contributed by atoms with Crippen molar-refractivity contribution in [1.82, 2.24) is 9.97 Å². The number of methoxy groups -OCH3 is 1. The molecule has 0 saturated heterocycles. The molecule has 0 fully saturated rings. The van der Waals surface area contributed by atoms with Gasteiger partial charge in [0.15, 0.2) is 9.84 Å². The molecular formula is C10H15N3O3S. The number of hydrogen-bond donors (Lipinski definition) is 1. The van der Waals surface area contributed by atoms with E-state index >= 15 is 0 Å². The molecule has 0 radical (unpaired) electrons. The average Bonchev–Trinajstić information content (AvgIpc) is 2.28. The van der Waals surface area contributed by atoms with Crippen molar-refractivity contribution < 1.29 is 13.2 Å². The Hall–Kier alpha value is -1.21. The van der Waals surface area contributed by atoms with Gasteiger partial charge in [0.2, 0.25) is 5.88 Å². The van der Waals surface area contributed by atoms with Gasteiger partial charge < -0.3 is 10.5 Å². The molecule has 0 bridgehead atoms. The van der Waals surface area contributed by atoms with Crippen molar-refractivity contribution in [1.29, 1.82) is 0 Å². The Morgan fingerprint density at radius 1 is 1.41 bits per heavy atom. The van der Waals surface area contributed by atoms with Gasteiger partial charge in [-0.2, -0.15) is 4.98 Å². The smallest absolute Gasteiger partial charge is 0.220 e. The molecule has 1 aliphatic heterocycles. The molecule has 0 amide bonds. The van der Waals surface area contributed by atoms with E-state index in [2.05, 4.69) is 9.97 Å². The lowest BCUT2D eigenvalue weighted by molar-refractivity contribution is 0.388. The lowest BCUT2D eigenvalue weighted by Crippen LogP contribution is -2.22. The van der Waals surface area contributed by atoms with Crippen molar-refractivity contribution in [2.24, 2.45) is 5.73 Å². The SMILES string of the molecule is COc1nc(CCN)nc2c1CS(=O)(=O)CC2. The molecule has 17 heavy (non-hydrogen) atoms. The Kier molecular flexibility index (Phi) is 3.30. The van der Waals surface area contributed by atoms with Crippen LogP contribution in [0.15, 0.2) is 0 Å². The molecule has 2 N–H and O–H groups in total. The van der Waals surface area contributed by atoms with E-state index in [1.54, 1.807) is 0 Å². The number of fused-ring (bicyclic) bond motifs is 1. The van der Waals surface area contributed by atoms with E-state index in [0.717, 1.165) is 5.69 Å². The number of rotatable bonds is 3. The standard InChI is InChI=1S/C10H15N3O3S/c1-16-10-7-6-17(14,15)5-3-8(7)12-9(13-10)2-4-11/h2-6,11H2,1H3. The zero-order valence-corrected chi connectivity index (χ0v) is 10.5. The third kappa shape index (κ3) is 2.55. The van der Waals surface area contributed by atoms with Gasteiger partial charge in [0.25, 0.3) is 0 Å². The van der Waals surface area contributed by atoms with Crippen LogP contribution in [0.4, 0.5) is 0 Å². The molecule has 0 atom stereocenters. The van der Waals surface area contributed by atoms with Crippen molar-refractivity contribution in [3.63, 3.8) is 0 Å². The number of nitrogens with zero attached hydrogens (tertiary/aromatic N) is 2.